The van der Waals surface area contributed by atoms with Crippen LogP contribution in [0.4, 0.5) is 11.4 Å². The van der Waals surface area contributed by atoms with Crippen molar-refractivity contribution in [2.45, 2.75) is 32.7 Å². The molecular weight excluding hydrogens is 384 g/mol. The summed E-state index contributed by atoms with van der Waals surface area (Å²) in [5, 5.41) is 0.429. The lowest BCUT2D eigenvalue weighted by Gasteiger charge is -2.34. The molecule has 0 aliphatic carbocycles. The van der Waals surface area contributed by atoms with E-state index >= 15 is 0 Å². The van der Waals surface area contributed by atoms with Gasteiger partial charge < -0.3 is 4.90 Å². The van der Waals surface area contributed by atoms with Crippen LogP contribution in [0.5, 0.6) is 0 Å². The van der Waals surface area contributed by atoms with Gasteiger partial charge in [-0.15, -0.1) is 0 Å². The summed E-state index contributed by atoms with van der Waals surface area (Å²) >= 11 is 6.12. The predicted octanol–water partition coefficient (Wildman–Crippen LogP) is 3.78. The molecule has 27 heavy (non-hydrogen) atoms. The number of hydrogen-bond acceptors (Lipinski definition) is 3. The van der Waals surface area contributed by atoms with Crippen LogP contribution >= 0.6 is 11.6 Å². The van der Waals surface area contributed by atoms with Gasteiger partial charge in [0.05, 0.1) is 11.9 Å². The molecule has 1 heterocycles. The smallest absolute Gasteiger partial charge is 0.250 e. The maximum Gasteiger partial charge on any atom is 0.250 e. The number of carbonyl (C=O) groups is 1. The zero-order valence-electron chi connectivity index (χ0n) is 15.6. The van der Waals surface area contributed by atoms with Crippen molar-refractivity contribution < 1.29 is 13.2 Å². The van der Waals surface area contributed by atoms with Crippen molar-refractivity contribution >= 4 is 38.9 Å². The highest BCUT2D eigenvalue weighted by molar-refractivity contribution is 7.92. The summed E-state index contributed by atoms with van der Waals surface area (Å²) < 4.78 is 26.6. The molecule has 0 saturated carbocycles. The summed E-state index contributed by atoms with van der Waals surface area (Å²) in [5.41, 5.74) is 3.15. The lowest BCUT2D eigenvalue weighted by molar-refractivity contribution is -0.119. The first-order valence-electron chi connectivity index (χ1n) is 8.89. The average Bonchev–Trinajstić information content (AvgIpc) is 3.04. The van der Waals surface area contributed by atoms with Crippen LogP contribution in [0.3, 0.4) is 0 Å². The van der Waals surface area contributed by atoms with Crippen molar-refractivity contribution in [2.24, 2.45) is 0 Å². The van der Waals surface area contributed by atoms with Gasteiger partial charge in [0.2, 0.25) is 10.0 Å². The van der Waals surface area contributed by atoms with E-state index in [0.29, 0.717) is 23.7 Å². The minimum atomic E-state index is -3.69. The SMILES string of the molecule is CCC(C(=O)N1CCc2ccccc21)N(c1cc(Cl)ccc1C)S(C)(=O)=O. The van der Waals surface area contributed by atoms with Crippen LogP contribution in [0.25, 0.3) is 0 Å². The van der Waals surface area contributed by atoms with Gasteiger partial charge in [0.1, 0.15) is 6.04 Å². The molecule has 2 aromatic carbocycles. The molecule has 0 fully saturated rings. The Balaban J connectivity index is 2.05. The van der Waals surface area contributed by atoms with Crippen LogP contribution in [0, 0.1) is 6.92 Å². The van der Waals surface area contributed by atoms with Crippen LogP contribution in [0.2, 0.25) is 5.02 Å². The number of para-hydroxylation sites is 1. The van der Waals surface area contributed by atoms with Crippen molar-refractivity contribution in [3.63, 3.8) is 0 Å². The van der Waals surface area contributed by atoms with E-state index in [1.54, 1.807) is 23.1 Å². The molecule has 3 rings (SSSR count). The molecule has 144 valence electrons. The molecule has 1 unspecified atom stereocenters. The van der Waals surface area contributed by atoms with E-state index in [2.05, 4.69) is 0 Å². The molecule has 0 bridgehead atoms. The van der Waals surface area contributed by atoms with Crippen LogP contribution < -0.4 is 9.21 Å². The largest absolute Gasteiger partial charge is 0.310 e. The summed E-state index contributed by atoms with van der Waals surface area (Å²) in [6, 6.07) is 12.0. The molecule has 0 spiro atoms. The van der Waals surface area contributed by atoms with Crippen LogP contribution in [-0.2, 0) is 21.2 Å². The molecule has 1 atom stereocenters. The van der Waals surface area contributed by atoms with Gasteiger partial charge in [0.25, 0.3) is 5.91 Å². The number of carbonyl (C=O) groups excluding carboxylic acids is 1. The van der Waals surface area contributed by atoms with Crippen molar-refractivity contribution in [1.29, 1.82) is 0 Å². The van der Waals surface area contributed by atoms with Crippen LogP contribution in [0.15, 0.2) is 42.5 Å². The van der Waals surface area contributed by atoms with E-state index in [4.69, 9.17) is 11.6 Å². The number of sulfonamides is 1. The van der Waals surface area contributed by atoms with Crippen LogP contribution in [0.1, 0.15) is 24.5 Å². The number of aryl methyl sites for hydroxylation is 1. The quantitative estimate of drug-likeness (QED) is 0.759. The third-order valence-electron chi connectivity index (χ3n) is 4.87. The number of anilines is 2. The van der Waals surface area contributed by atoms with Crippen LogP contribution in [-0.4, -0.2) is 33.2 Å². The van der Waals surface area contributed by atoms with Gasteiger partial charge in [-0.3, -0.25) is 9.10 Å². The van der Waals surface area contributed by atoms with Gasteiger partial charge in [-0.1, -0.05) is 42.8 Å². The van der Waals surface area contributed by atoms with Crippen molar-refractivity contribution in [2.75, 3.05) is 22.0 Å². The van der Waals surface area contributed by atoms with E-state index in [-0.39, 0.29) is 5.91 Å². The molecule has 2 aromatic rings. The third kappa shape index (κ3) is 3.82. The molecule has 7 heteroatoms. The fourth-order valence-electron chi connectivity index (χ4n) is 3.59. The Hall–Kier alpha value is -2.05. The second kappa shape index (κ2) is 7.52. The number of rotatable bonds is 5. The first-order valence-corrected chi connectivity index (χ1v) is 11.1. The number of benzene rings is 2. The lowest BCUT2D eigenvalue weighted by Crippen LogP contribution is -2.50. The Morgan fingerprint density at radius 1 is 1.26 bits per heavy atom. The molecule has 1 aliphatic rings. The lowest BCUT2D eigenvalue weighted by atomic mass is 10.1. The number of fused-ring (bicyclic) bond motifs is 1. The topological polar surface area (TPSA) is 57.7 Å². The first kappa shape index (κ1) is 19.7. The molecular formula is C20H23ClN2O3S. The van der Waals surface area contributed by atoms with Gasteiger partial charge in [-0.25, -0.2) is 8.42 Å². The van der Waals surface area contributed by atoms with Crippen molar-refractivity contribution in [1.82, 2.24) is 0 Å². The molecule has 0 saturated heterocycles. The molecule has 1 amide bonds. The summed E-state index contributed by atoms with van der Waals surface area (Å²) in [7, 11) is -3.69. The highest BCUT2D eigenvalue weighted by Crippen LogP contribution is 2.33. The summed E-state index contributed by atoms with van der Waals surface area (Å²) in [6.45, 7) is 4.19. The fourth-order valence-corrected chi connectivity index (χ4v) is 5.01. The van der Waals surface area contributed by atoms with Crippen molar-refractivity contribution in [3.8, 4) is 0 Å². The minimum absolute atomic E-state index is 0.216. The number of hydrogen-bond donors (Lipinski definition) is 0. The Bertz CT molecular complexity index is 975. The van der Waals surface area contributed by atoms with Gasteiger partial charge in [0, 0.05) is 17.3 Å². The van der Waals surface area contributed by atoms with E-state index in [9.17, 15) is 13.2 Å². The number of halogens is 1. The minimum Gasteiger partial charge on any atom is -0.310 e. The third-order valence-corrected chi connectivity index (χ3v) is 6.27. The Labute approximate surface area is 165 Å². The second-order valence-corrected chi connectivity index (χ2v) is 9.08. The summed E-state index contributed by atoms with van der Waals surface area (Å²) in [5.74, 6) is -0.216. The van der Waals surface area contributed by atoms with E-state index in [1.807, 2.05) is 38.1 Å². The zero-order chi connectivity index (χ0) is 19.8. The van der Waals surface area contributed by atoms with Gasteiger partial charge in [-0.05, 0) is 49.1 Å². The standard InChI is InChI=1S/C20H23ClN2O3S/c1-4-17(20(24)22-12-11-15-7-5-6-8-18(15)22)23(27(3,25)26)19-13-16(21)10-9-14(19)2/h5-10,13,17H,4,11-12H2,1-3H3. The molecule has 0 N–H and O–H groups in total. The predicted molar refractivity (Wildman–Crippen MR) is 110 cm³/mol. The first-order chi connectivity index (χ1) is 12.7. The maximum absolute atomic E-state index is 13.4. The Kier molecular flexibility index (Phi) is 5.49. The molecule has 1 aliphatic heterocycles. The number of nitrogens with zero attached hydrogens (tertiary/aromatic N) is 2. The second-order valence-electron chi connectivity index (χ2n) is 6.78. The molecule has 0 aromatic heterocycles. The van der Waals surface area contributed by atoms with Crippen molar-refractivity contribution in [3.05, 3.63) is 58.6 Å². The molecule has 5 nitrogen and oxygen atoms in total. The van der Waals surface area contributed by atoms with Gasteiger partial charge in [0.15, 0.2) is 0 Å². The van der Waals surface area contributed by atoms with E-state index in [1.165, 1.54) is 4.31 Å². The summed E-state index contributed by atoms with van der Waals surface area (Å²) in [4.78, 5) is 15.1. The highest BCUT2D eigenvalue weighted by Gasteiger charge is 2.37. The monoisotopic (exact) mass is 406 g/mol. The zero-order valence-corrected chi connectivity index (χ0v) is 17.2. The Morgan fingerprint density at radius 3 is 2.63 bits per heavy atom. The normalized spacial score (nSPS) is 14.7. The average molecular weight is 407 g/mol. The van der Waals surface area contributed by atoms with E-state index in [0.717, 1.165) is 29.5 Å². The highest BCUT2D eigenvalue weighted by atomic mass is 35.5. The van der Waals surface area contributed by atoms with Gasteiger partial charge in [-0.2, -0.15) is 0 Å². The fraction of sp³-hybridized carbons (Fsp3) is 0.350. The maximum atomic E-state index is 13.4. The van der Waals surface area contributed by atoms with Gasteiger partial charge >= 0.3 is 0 Å². The molecule has 0 radical (unpaired) electrons. The number of amides is 1. The summed E-state index contributed by atoms with van der Waals surface area (Å²) in [6.07, 6.45) is 2.26. The Morgan fingerprint density at radius 2 is 1.96 bits per heavy atom. The van der Waals surface area contributed by atoms with E-state index < -0.39 is 16.1 Å².